The molecule has 0 fully saturated rings. The van der Waals surface area contributed by atoms with Gasteiger partial charge in [-0.1, -0.05) is 0 Å². The smallest absolute Gasteiger partial charge is 0.173 e. The molecule has 1 aromatic carbocycles. The van der Waals surface area contributed by atoms with Crippen molar-refractivity contribution in [1.29, 1.82) is 0 Å². The molecule has 0 aliphatic carbocycles. The molecule has 7 heteroatoms. The van der Waals surface area contributed by atoms with Gasteiger partial charge < -0.3 is 5.32 Å². The summed E-state index contributed by atoms with van der Waals surface area (Å²) in [4.78, 5) is 0. The number of rotatable bonds is 3. The lowest BCUT2D eigenvalue weighted by Gasteiger charge is -2.13. The average molecular weight is 375 g/mol. The van der Waals surface area contributed by atoms with Gasteiger partial charge in [-0.3, -0.25) is 0 Å². The van der Waals surface area contributed by atoms with Gasteiger partial charge >= 0.3 is 0 Å². The van der Waals surface area contributed by atoms with Crippen molar-refractivity contribution in [2.75, 3.05) is 7.05 Å². The van der Waals surface area contributed by atoms with Crippen molar-refractivity contribution in [3.8, 4) is 5.69 Å². The van der Waals surface area contributed by atoms with E-state index in [0.29, 0.717) is 0 Å². The molecule has 1 heterocycles. The van der Waals surface area contributed by atoms with Gasteiger partial charge in [0.1, 0.15) is 0 Å². The molecule has 0 saturated carbocycles. The summed E-state index contributed by atoms with van der Waals surface area (Å²) in [6, 6.07) is 4.14. The minimum atomic E-state index is 0.0695. The summed E-state index contributed by atoms with van der Waals surface area (Å²) in [6.45, 7) is 4.05. The van der Waals surface area contributed by atoms with E-state index in [0.717, 1.165) is 26.0 Å². The largest absolute Gasteiger partial charge is 0.311 e. The lowest BCUT2D eigenvalue weighted by molar-refractivity contribution is 0.587. The van der Waals surface area contributed by atoms with Gasteiger partial charge in [0.2, 0.25) is 0 Å². The van der Waals surface area contributed by atoms with Gasteiger partial charge in [-0.2, -0.15) is 4.68 Å². The van der Waals surface area contributed by atoms with Crippen LogP contribution in [0.1, 0.15) is 24.4 Å². The molecule has 0 aliphatic rings. The van der Waals surface area contributed by atoms with E-state index >= 15 is 0 Å². The predicted octanol–water partition coefficient (Wildman–Crippen LogP) is 2.78. The van der Waals surface area contributed by atoms with Crippen LogP contribution >= 0.6 is 31.9 Å². The molecule has 18 heavy (non-hydrogen) atoms. The van der Waals surface area contributed by atoms with Crippen LogP contribution in [-0.4, -0.2) is 27.3 Å². The number of halogens is 2. The molecular weight excluding hydrogens is 362 g/mol. The highest BCUT2D eigenvalue weighted by Crippen LogP contribution is 2.31. The fourth-order valence-electron chi connectivity index (χ4n) is 1.65. The van der Waals surface area contributed by atoms with Gasteiger partial charge in [-0.15, -0.1) is 5.10 Å². The number of hydrogen-bond acceptors (Lipinski definition) is 4. The van der Waals surface area contributed by atoms with E-state index < -0.39 is 0 Å². The van der Waals surface area contributed by atoms with Crippen molar-refractivity contribution < 1.29 is 0 Å². The summed E-state index contributed by atoms with van der Waals surface area (Å²) in [5.74, 6) is 0.766. The number of aryl methyl sites for hydroxylation is 1. The van der Waals surface area contributed by atoms with E-state index in [1.807, 2.05) is 33.0 Å². The van der Waals surface area contributed by atoms with Crippen LogP contribution in [0.2, 0.25) is 0 Å². The van der Waals surface area contributed by atoms with Gasteiger partial charge in [0.15, 0.2) is 5.82 Å². The minimum absolute atomic E-state index is 0.0695. The fourth-order valence-corrected chi connectivity index (χ4v) is 3.40. The lowest BCUT2D eigenvalue weighted by atomic mass is 10.2. The number of nitrogens with zero attached hydrogens (tertiary/aromatic N) is 4. The molecule has 0 aliphatic heterocycles. The Morgan fingerprint density at radius 2 is 1.89 bits per heavy atom. The summed E-state index contributed by atoms with van der Waals surface area (Å²) in [7, 11) is 1.88. The van der Waals surface area contributed by atoms with E-state index in [1.165, 1.54) is 0 Å². The number of benzene rings is 1. The predicted molar refractivity (Wildman–Crippen MR) is 76.8 cm³/mol. The van der Waals surface area contributed by atoms with Gasteiger partial charge in [-0.25, -0.2) is 0 Å². The third-order valence-corrected chi connectivity index (χ3v) is 3.90. The highest BCUT2D eigenvalue weighted by Gasteiger charge is 2.18. The summed E-state index contributed by atoms with van der Waals surface area (Å²) >= 11 is 7.12. The minimum Gasteiger partial charge on any atom is -0.311 e. The second kappa shape index (κ2) is 5.46. The molecule has 0 bridgehead atoms. The van der Waals surface area contributed by atoms with Crippen molar-refractivity contribution in [1.82, 2.24) is 25.5 Å². The molecule has 1 unspecified atom stereocenters. The van der Waals surface area contributed by atoms with Crippen molar-refractivity contribution in [2.24, 2.45) is 0 Å². The van der Waals surface area contributed by atoms with Crippen LogP contribution in [0.4, 0.5) is 0 Å². The molecule has 5 nitrogen and oxygen atoms in total. The van der Waals surface area contributed by atoms with Crippen molar-refractivity contribution in [3.63, 3.8) is 0 Å². The van der Waals surface area contributed by atoms with Gasteiger partial charge in [0.25, 0.3) is 0 Å². The van der Waals surface area contributed by atoms with E-state index in [4.69, 9.17) is 0 Å². The molecule has 1 atom stereocenters. The zero-order valence-corrected chi connectivity index (χ0v) is 13.4. The normalized spacial score (nSPS) is 12.7. The molecule has 0 spiro atoms. The Bertz CT molecular complexity index is 543. The third kappa shape index (κ3) is 2.48. The Balaban J connectivity index is 2.59. The lowest BCUT2D eigenvalue weighted by Crippen LogP contribution is -2.18. The highest BCUT2D eigenvalue weighted by atomic mass is 79.9. The monoisotopic (exact) mass is 373 g/mol. The molecule has 1 aromatic heterocycles. The van der Waals surface area contributed by atoms with Crippen molar-refractivity contribution in [2.45, 2.75) is 19.9 Å². The first-order valence-corrected chi connectivity index (χ1v) is 7.04. The highest BCUT2D eigenvalue weighted by molar-refractivity contribution is 9.11. The molecule has 0 radical (unpaired) electrons. The average Bonchev–Trinajstić information content (AvgIpc) is 2.75. The number of tetrazole rings is 1. The molecule has 96 valence electrons. The maximum absolute atomic E-state index is 4.07. The van der Waals surface area contributed by atoms with Crippen LogP contribution in [0.3, 0.4) is 0 Å². The Hall–Kier alpha value is -0.790. The maximum atomic E-state index is 4.07. The quantitative estimate of drug-likeness (QED) is 0.897. The van der Waals surface area contributed by atoms with Crippen molar-refractivity contribution >= 4 is 31.9 Å². The summed E-state index contributed by atoms with van der Waals surface area (Å²) in [5, 5.41) is 15.0. The SMILES string of the molecule is CNC(C)c1nnnn1-c1c(Br)cc(C)cc1Br. The fraction of sp³-hybridized carbons (Fsp3) is 0.364. The first kappa shape index (κ1) is 13.6. The van der Waals surface area contributed by atoms with Gasteiger partial charge in [-0.05, 0) is 80.9 Å². The topological polar surface area (TPSA) is 55.6 Å². The molecule has 2 aromatic rings. The maximum Gasteiger partial charge on any atom is 0.173 e. The second-order valence-electron chi connectivity index (χ2n) is 4.04. The number of hydrogen-bond donors (Lipinski definition) is 1. The van der Waals surface area contributed by atoms with E-state index in [-0.39, 0.29) is 6.04 Å². The van der Waals surface area contributed by atoms with Crippen LogP contribution in [0, 0.1) is 6.92 Å². The van der Waals surface area contributed by atoms with E-state index in [2.05, 4.69) is 52.7 Å². The van der Waals surface area contributed by atoms with Crippen LogP contribution in [-0.2, 0) is 0 Å². The first-order chi connectivity index (χ1) is 8.54. The summed E-state index contributed by atoms with van der Waals surface area (Å²) < 4.78 is 3.63. The number of nitrogens with one attached hydrogen (secondary N) is 1. The molecule has 0 amide bonds. The molecule has 0 saturated heterocycles. The summed E-state index contributed by atoms with van der Waals surface area (Å²) in [6.07, 6.45) is 0. The van der Waals surface area contributed by atoms with Gasteiger partial charge in [0.05, 0.1) is 11.7 Å². The number of aromatic nitrogens is 4. The Morgan fingerprint density at radius 1 is 1.28 bits per heavy atom. The Kier molecular flexibility index (Phi) is 4.14. The zero-order chi connectivity index (χ0) is 13.3. The third-order valence-electron chi connectivity index (χ3n) is 2.69. The van der Waals surface area contributed by atoms with Gasteiger partial charge in [0, 0.05) is 8.95 Å². The Morgan fingerprint density at radius 3 is 2.44 bits per heavy atom. The van der Waals surface area contributed by atoms with Crippen LogP contribution in [0.15, 0.2) is 21.1 Å². The van der Waals surface area contributed by atoms with Crippen LogP contribution in [0.5, 0.6) is 0 Å². The van der Waals surface area contributed by atoms with Crippen LogP contribution < -0.4 is 5.32 Å². The standard InChI is InChI=1S/C11H13Br2N5/c1-6-4-8(12)10(9(13)5-6)18-11(7(2)14-3)15-16-17-18/h4-5,7,14H,1-3H3. The molecular formula is C11H13Br2N5. The molecule has 1 N–H and O–H groups in total. The van der Waals surface area contributed by atoms with E-state index in [1.54, 1.807) is 4.68 Å². The van der Waals surface area contributed by atoms with Crippen molar-refractivity contribution in [3.05, 3.63) is 32.5 Å². The first-order valence-electron chi connectivity index (χ1n) is 5.46. The second-order valence-corrected chi connectivity index (χ2v) is 5.75. The zero-order valence-electron chi connectivity index (χ0n) is 10.3. The van der Waals surface area contributed by atoms with Crippen LogP contribution in [0.25, 0.3) is 5.69 Å². The Labute approximate surface area is 122 Å². The summed E-state index contributed by atoms with van der Waals surface area (Å²) in [5.41, 5.74) is 2.07. The van der Waals surface area contributed by atoms with E-state index in [9.17, 15) is 0 Å². The molecule has 2 rings (SSSR count).